The van der Waals surface area contributed by atoms with Gasteiger partial charge in [0, 0.05) is 16.2 Å². The lowest BCUT2D eigenvalue weighted by molar-refractivity contribution is -0.113. The number of anilines is 1. The minimum atomic E-state index is -0.0200. The second-order valence-corrected chi connectivity index (χ2v) is 6.20. The summed E-state index contributed by atoms with van der Waals surface area (Å²) < 4.78 is 0. The molecule has 1 heterocycles. The molecule has 0 bridgehead atoms. The Morgan fingerprint density at radius 1 is 1.24 bits per heavy atom. The third kappa shape index (κ3) is 3.42. The van der Waals surface area contributed by atoms with Gasteiger partial charge in [0.05, 0.1) is 5.75 Å². The number of thioether (sulfide) groups is 1. The Labute approximate surface area is 128 Å². The van der Waals surface area contributed by atoms with Gasteiger partial charge in [0.1, 0.15) is 12.1 Å². The largest absolute Gasteiger partial charge is 0.310 e. The molecule has 2 aromatic rings. The summed E-state index contributed by atoms with van der Waals surface area (Å²) in [6.45, 7) is 2.05. The standard InChI is InChI=1S/C16H17N3OS/c1-11-5-7-12(8-6-11)21-9-15(20)19-16-13-3-2-4-14(13)17-10-18-16/h5-8,10H,2-4,9H2,1H3,(H,17,18,19,20). The molecule has 1 aliphatic rings. The maximum atomic E-state index is 12.1. The fourth-order valence-corrected chi connectivity index (χ4v) is 3.12. The van der Waals surface area contributed by atoms with Crippen molar-refractivity contribution in [1.82, 2.24) is 9.97 Å². The van der Waals surface area contributed by atoms with Crippen LogP contribution in [0.5, 0.6) is 0 Å². The van der Waals surface area contributed by atoms with E-state index < -0.39 is 0 Å². The predicted octanol–water partition coefficient (Wildman–Crippen LogP) is 3.00. The first-order valence-corrected chi connectivity index (χ1v) is 8.03. The number of amides is 1. The molecule has 1 aromatic heterocycles. The maximum Gasteiger partial charge on any atom is 0.235 e. The fraction of sp³-hybridized carbons (Fsp3) is 0.312. The fourth-order valence-electron chi connectivity index (χ4n) is 2.42. The van der Waals surface area contributed by atoms with E-state index in [2.05, 4.69) is 34.3 Å². The second kappa shape index (κ2) is 6.26. The molecule has 0 radical (unpaired) electrons. The number of nitrogens with one attached hydrogen (secondary N) is 1. The summed E-state index contributed by atoms with van der Waals surface area (Å²) in [7, 11) is 0. The van der Waals surface area contributed by atoms with E-state index in [1.807, 2.05) is 12.1 Å². The molecule has 0 saturated heterocycles. The van der Waals surface area contributed by atoms with E-state index in [-0.39, 0.29) is 5.91 Å². The molecule has 3 rings (SSSR count). The van der Waals surface area contributed by atoms with Gasteiger partial charge in [-0.25, -0.2) is 9.97 Å². The van der Waals surface area contributed by atoms with Crippen LogP contribution in [0.15, 0.2) is 35.5 Å². The zero-order chi connectivity index (χ0) is 14.7. The predicted molar refractivity (Wildman–Crippen MR) is 84.6 cm³/mol. The van der Waals surface area contributed by atoms with Crippen molar-refractivity contribution in [3.8, 4) is 0 Å². The molecule has 1 aliphatic carbocycles. The summed E-state index contributed by atoms with van der Waals surface area (Å²) in [5, 5.41) is 2.91. The SMILES string of the molecule is Cc1ccc(SCC(=O)Nc2ncnc3c2CCC3)cc1. The number of rotatable bonds is 4. The zero-order valence-electron chi connectivity index (χ0n) is 11.9. The second-order valence-electron chi connectivity index (χ2n) is 5.15. The molecule has 1 aromatic carbocycles. The van der Waals surface area contributed by atoms with Crippen molar-refractivity contribution in [2.24, 2.45) is 0 Å². The van der Waals surface area contributed by atoms with Gasteiger partial charge in [-0.05, 0) is 38.3 Å². The Morgan fingerprint density at radius 2 is 2.05 bits per heavy atom. The number of nitrogens with zero attached hydrogens (tertiary/aromatic N) is 2. The van der Waals surface area contributed by atoms with Crippen LogP contribution in [0.1, 0.15) is 23.2 Å². The van der Waals surface area contributed by atoms with Crippen LogP contribution < -0.4 is 5.32 Å². The lowest BCUT2D eigenvalue weighted by Gasteiger charge is -2.08. The van der Waals surface area contributed by atoms with E-state index in [0.29, 0.717) is 11.6 Å². The van der Waals surface area contributed by atoms with Crippen LogP contribution in [-0.2, 0) is 17.6 Å². The molecule has 5 heteroatoms. The van der Waals surface area contributed by atoms with Gasteiger partial charge >= 0.3 is 0 Å². The van der Waals surface area contributed by atoms with Crippen LogP contribution in [0.2, 0.25) is 0 Å². The van der Waals surface area contributed by atoms with Crippen molar-refractivity contribution in [2.75, 3.05) is 11.1 Å². The minimum absolute atomic E-state index is 0.0200. The number of fused-ring (bicyclic) bond motifs is 1. The number of aryl methyl sites for hydroxylation is 2. The molecule has 0 fully saturated rings. The van der Waals surface area contributed by atoms with Crippen molar-refractivity contribution in [2.45, 2.75) is 31.1 Å². The first-order chi connectivity index (χ1) is 10.2. The van der Waals surface area contributed by atoms with Crippen molar-refractivity contribution >= 4 is 23.5 Å². The minimum Gasteiger partial charge on any atom is -0.310 e. The van der Waals surface area contributed by atoms with E-state index in [1.165, 1.54) is 23.7 Å². The molecule has 1 N–H and O–H groups in total. The van der Waals surface area contributed by atoms with E-state index in [9.17, 15) is 4.79 Å². The summed E-state index contributed by atoms with van der Waals surface area (Å²) in [6.07, 6.45) is 4.57. The topological polar surface area (TPSA) is 54.9 Å². The Balaban J connectivity index is 1.60. The van der Waals surface area contributed by atoms with Crippen LogP contribution in [-0.4, -0.2) is 21.6 Å². The average molecular weight is 299 g/mol. The molecule has 0 unspecified atom stereocenters. The van der Waals surface area contributed by atoms with Crippen LogP contribution >= 0.6 is 11.8 Å². The molecule has 0 aliphatic heterocycles. The molecule has 1 amide bonds. The van der Waals surface area contributed by atoms with Gasteiger partial charge in [-0.1, -0.05) is 17.7 Å². The highest BCUT2D eigenvalue weighted by Crippen LogP contribution is 2.25. The van der Waals surface area contributed by atoms with E-state index in [0.717, 1.165) is 35.4 Å². The van der Waals surface area contributed by atoms with Crippen LogP contribution in [0, 0.1) is 6.92 Å². The first kappa shape index (κ1) is 14.1. The van der Waals surface area contributed by atoms with Crippen molar-refractivity contribution in [1.29, 1.82) is 0 Å². The van der Waals surface area contributed by atoms with Gasteiger partial charge in [0.15, 0.2) is 0 Å². The third-order valence-electron chi connectivity index (χ3n) is 3.52. The van der Waals surface area contributed by atoms with Gasteiger partial charge < -0.3 is 5.32 Å². The van der Waals surface area contributed by atoms with E-state index >= 15 is 0 Å². The number of hydrogen-bond donors (Lipinski definition) is 1. The Hall–Kier alpha value is -1.88. The van der Waals surface area contributed by atoms with Gasteiger partial charge in [-0.2, -0.15) is 0 Å². The summed E-state index contributed by atoms with van der Waals surface area (Å²) in [6, 6.07) is 8.18. The lowest BCUT2D eigenvalue weighted by Crippen LogP contribution is -2.16. The zero-order valence-corrected chi connectivity index (χ0v) is 12.7. The van der Waals surface area contributed by atoms with E-state index in [1.54, 1.807) is 0 Å². The number of benzene rings is 1. The highest BCUT2D eigenvalue weighted by molar-refractivity contribution is 8.00. The highest BCUT2D eigenvalue weighted by atomic mass is 32.2. The molecule has 21 heavy (non-hydrogen) atoms. The summed E-state index contributed by atoms with van der Waals surface area (Å²) in [4.78, 5) is 21.6. The van der Waals surface area contributed by atoms with Crippen molar-refractivity contribution < 1.29 is 4.79 Å². The maximum absolute atomic E-state index is 12.1. The number of hydrogen-bond acceptors (Lipinski definition) is 4. The summed E-state index contributed by atoms with van der Waals surface area (Å²) in [5.41, 5.74) is 3.40. The Kier molecular flexibility index (Phi) is 4.20. The molecule has 4 nitrogen and oxygen atoms in total. The molecule has 108 valence electrons. The summed E-state index contributed by atoms with van der Waals surface area (Å²) >= 11 is 1.53. The third-order valence-corrected chi connectivity index (χ3v) is 4.54. The summed E-state index contributed by atoms with van der Waals surface area (Å²) in [5.74, 6) is 1.06. The lowest BCUT2D eigenvalue weighted by atomic mass is 10.2. The number of carbonyl (C=O) groups excluding carboxylic acids is 1. The number of carbonyl (C=O) groups is 1. The molecule has 0 atom stereocenters. The molecule has 0 spiro atoms. The van der Waals surface area contributed by atoms with E-state index in [4.69, 9.17) is 0 Å². The van der Waals surface area contributed by atoms with Gasteiger partial charge in [-0.15, -0.1) is 11.8 Å². The average Bonchev–Trinajstić information content (AvgIpc) is 2.96. The van der Waals surface area contributed by atoms with Crippen LogP contribution in [0.3, 0.4) is 0 Å². The van der Waals surface area contributed by atoms with Crippen LogP contribution in [0.4, 0.5) is 5.82 Å². The quantitative estimate of drug-likeness (QED) is 0.882. The number of aromatic nitrogens is 2. The Bertz CT molecular complexity index is 655. The van der Waals surface area contributed by atoms with Crippen LogP contribution in [0.25, 0.3) is 0 Å². The van der Waals surface area contributed by atoms with Gasteiger partial charge in [0.2, 0.25) is 5.91 Å². The van der Waals surface area contributed by atoms with Gasteiger partial charge in [0.25, 0.3) is 0 Å². The normalized spacial score (nSPS) is 13.0. The first-order valence-electron chi connectivity index (χ1n) is 7.04. The molecular formula is C16H17N3OS. The molecule has 0 saturated carbocycles. The smallest absolute Gasteiger partial charge is 0.235 e. The molecular weight excluding hydrogens is 282 g/mol. The Morgan fingerprint density at radius 3 is 2.86 bits per heavy atom. The highest BCUT2D eigenvalue weighted by Gasteiger charge is 2.18. The van der Waals surface area contributed by atoms with Gasteiger partial charge in [-0.3, -0.25) is 4.79 Å². The monoisotopic (exact) mass is 299 g/mol. The van der Waals surface area contributed by atoms with Crippen molar-refractivity contribution in [3.05, 3.63) is 47.4 Å². The van der Waals surface area contributed by atoms with Crippen molar-refractivity contribution in [3.63, 3.8) is 0 Å².